The van der Waals surface area contributed by atoms with Gasteiger partial charge in [0.25, 0.3) is 0 Å². The zero-order valence-electron chi connectivity index (χ0n) is 11.1. The number of morpholine rings is 1. The first-order chi connectivity index (χ1) is 9.24. The van der Waals surface area contributed by atoms with Crippen molar-refractivity contribution < 1.29 is 9.13 Å². The molecule has 1 saturated heterocycles. The second kappa shape index (κ2) is 6.63. The molecule has 0 amide bonds. The summed E-state index contributed by atoms with van der Waals surface area (Å²) >= 11 is 1.67. The van der Waals surface area contributed by atoms with Gasteiger partial charge in [-0.05, 0) is 31.2 Å². The van der Waals surface area contributed by atoms with E-state index in [0.717, 1.165) is 34.3 Å². The number of hydrogen-bond donors (Lipinski definition) is 1. The minimum Gasteiger partial charge on any atom is -0.378 e. The highest BCUT2D eigenvalue weighted by Gasteiger charge is 2.20. The van der Waals surface area contributed by atoms with Crippen LogP contribution in [0.5, 0.6) is 0 Å². The van der Waals surface area contributed by atoms with Gasteiger partial charge in [0.1, 0.15) is 10.8 Å². The van der Waals surface area contributed by atoms with Gasteiger partial charge in [-0.1, -0.05) is 0 Å². The molecule has 6 heteroatoms. The lowest BCUT2D eigenvalue weighted by Gasteiger charge is -2.21. The maximum Gasteiger partial charge on any atom is 0.123 e. The highest BCUT2D eigenvalue weighted by atomic mass is 35.5. The molecule has 0 spiro atoms. The maximum absolute atomic E-state index is 13.0. The Morgan fingerprint density at radius 3 is 2.75 bits per heavy atom. The fourth-order valence-electron chi connectivity index (χ4n) is 2.17. The van der Waals surface area contributed by atoms with E-state index in [1.54, 1.807) is 23.5 Å². The second-order valence-electron chi connectivity index (χ2n) is 4.55. The van der Waals surface area contributed by atoms with Gasteiger partial charge in [0.15, 0.2) is 0 Å². The first-order valence-electron chi connectivity index (χ1n) is 6.28. The van der Waals surface area contributed by atoms with E-state index in [-0.39, 0.29) is 24.3 Å². The van der Waals surface area contributed by atoms with Crippen LogP contribution in [-0.2, 0) is 4.74 Å². The van der Waals surface area contributed by atoms with E-state index < -0.39 is 0 Å². The fourth-order valence-corrected chi connectivity index (χ4v) is 3.17. The lowest BCUT2D eigenvalue weighted by Crippen LogP contribution is -2.34. The van der Waals surface area contributed by atoms with Gasteiger partial charge in [-0.2, -0.15) is 0 Å². The molecule has 3 rings (SSSR count). The van der Waals surface area contributed by atoms with E-state index in [2.05, 4.69) is 10.3 Å². The average molecular weight is 315 g/mol. The number of nitrogens with zero attached hydrogens (tertiary/aromatic N) is 1. The number of hydrogen-bond acceptors (Lipinski definition) is 4. The molecule has 1 aromatic heterocycles. The van der Waals surface area contributed by atoms with Crippen LogP contribution in [0.25, 0.3) is 11.3 Å². The summed E-state index contributed by atoms with van der Waals surface area (Å²) < 4.78 is 18.4. The van der Waals surface area contributed by atoms with E-state index in [9.17, 15) is 4.39 Å². The Hall–Kier alpha value is -1.01. The molecule has 1 aliphatic heterocycles. The number of benzene rings is 1. The third-order valence-corrected chi connectivity index (χ3v) is 4.24. The van der Waals surface area contributed by atoms with Crippen molar-refractivity contribution in [2.75, 3.05) is 19.8 Å². The molecule has 0 radical (unpaired) electrons. The van der Waals surface area contributed by atoms with Crippen LogP contribution < -0.4 is 5.32 Å². The van der Waals surface area contributed by atoms with Gasteiger partial charge in [-0.15, -0.1) is 23.7 Å². The number of thiazole rings is 1. The van der Waals surface area contributed by atoms with Crippen LogP contribution in [0, 0.1) is 12.7 Å². The zero-order valence-corrected chi connectivity index (χ0v) is 12.7. The Kier molecular flexibility index (Phi) is 5.10. The smallest absolute Gasteiger partial charge is 0.123 e. The normalized spacial score (nSPS) is 18.6. The van der Waals surface area contributed by atoms with Crippen LogP contribution >= 0.6 is 23.7 Å². The predicted octanol–water partition coefficient (Wildman–Crippen LogP) is 3.34. The molecular formula is C14H16ClFN2OS. The molecule has 1 aromatic carbocycles. The van der Waals surface area contributed by atoms with Crippen molar-refractivity contribution in [3.63, 3.8) is 0 Å². The topological polar surface area (TPSA) is 34.1 Å². The molecule has 0 aliphatic carbocycles. The van der Waals surface area contributed by atoms with E-state index >= 15 is 0 Å². The van der Waals surface area contributed by atoms with Gasteiger partial charge in [0.2, 0.25) is 0 Å². The van der Waals surface area contributed by atoms with Crippen LogP contribution in [0.1, 0.15) is 15.9 Å². The molecule has 1 aliphatic rings. The van der Waals surface area contributed by atoms with Crippen LogP contribution in [-0.4, -0.2) is 24.7 Å². The van der Waals surface area contributed by atoms with Crippen molar-refractivity contribution in [1.29, 1.82) is 0 Å². The minimum atomic E-state index is -0.223. The number of aromatic nitrogens is 1. The molecule has 2 heterocycles. The van der Waals surface area contributed by atoms with Gasteiger partial charge < -0.3 is 10.1 Å². The van der Waals surface area contributed by atoms with Crippen molar-refractivity contribution in [3.8, 4) is 11.3 Å². The summed E-state index contributed by atoms with van der Waals surface area (Å²) in [6.45, 7) is 4.32. The maximum atomic E-state index is 13.0. The van der Waals surface area contributed by atoms with Crippen molar-refractivity contribution in [2.24, 2.45) is 0 Å². The van der Waals surface area contributed by atoms with Crippen LogP contribution in [0.4, 0.5) is 4.39 Å². The summed E-state index contributed by atoms with van der Waals surface area (Å²) in [7, 11) is 0. The molecule has 108 valence electrons. The van der Waals surface area contributed by atoms with Crippen molar-refractivity contribution >= 4 is 23.7 Å². The Bertz CT molecular complexity index is 567. The van der Waals surface area contributed by atoms with Crippen molar-refractivity contribution in [2.45, 2.75) is 13.0 Å². The first-order valence-corrected chi connectivity index (χ1v) is 7.10. The Morgan fingerprint density at radius 2 is 2.10 bits per heavy atom. The summed E-state index contributed by atoms with van der Waals surface area (Å²) in [5, 5.41) is 4.44. The number of halogens is 2. The lowest BCUT2D eigenvalue weighted by atomic mass is 10.1. The first kappa shape index (κ1) is 15.4. The highest BCUT2D eigenvalue weighted by molar-refractivity contribution is 7.12. The quantitative estimate of drug-likeness (QED) is 0.923. The number of ether oxygens (including phenoxy) is 1. The molecule has 0 bridgehead atoms. The van der Waals surface area contributed by atoms with Crippen LogP contribution in [0.3, 0.4) is 0 Å². The number of rotatable bonds is 2. The zero-order chi connectivity index (χ0) is 13.2. The Morgan fingerprint density at radius 1 is 1.35 bits per heavy atom. The highest BCUT2D eigenvalue weighted by Crippen LogP contribution is 2.31. The lowest BCUT2D eigenvalue weighted by molar-refractivity contribution is 0.0768. The van der Waals surface area contributed by atoms with Gasteiger partial charge in [0, 0.05) is 17.0 Å². The summed E-state index contributed by atoms with van der Waals surface area (Å²) in [6.07, 6.45) is 0. The molecule has 2 aromatic rings. The standard InChI is InChI=1S/C14H15FN2OS.ClH/c1-9-13(10-2-4-11(15)5-3-10)17-14(19-9)12-8-18-7-6-16-12;/h2-5,12,16H,6-8H2,1H3;1H. The summed E-state index contributed by atoms with van der Waals surface area (Å²) in [4.78, 5) is 5.83. The second-order valence-corrected chi connectivity index (χ2v) is 5.78. The van der Waals surface area contributed by atoms with Gasteiger partial charge in [0.05, 0.1) is 24.9 Å². The number of nitrogens with one attached hydrogen (secondary N) is 1. The predicted molar refractivity (Wildman–Crippen MR) is 81.1 cm³/mol. The molecule has 1 unspecified atom stereocenters. The largest absolute Gasteiger partial charge is 0.378 e. The molecule has 1 fully saturated rings. The van der Waals surface area contributed by atoms with E-state index in [1.807, 2.05) is 6.92 Å². The van der Waals surface area contributed by atoms with Crippen molar-refractivity contribution in [1.82, 2.24) is 10.3 Å². The average Bonchev–Trinajstić information content (AvgIpc) is 2.83. The van der Waals surface area contributed by atoms with E-state index in [4.69, 9.17) is 4.74 Å². The third kappa shape index (κ3) is 3.17. The minimum absolute atomic E-state index is 0. The SMILES string of the molecule is Cc1sc(C2COCCN2)nc1-c1ccc(F)cc1.Cl. The van der Waals surface area contributed by atoms with Gasteiger partial charge in [-0.25, -0.2) is 9.37 Å². The molecule has 20 heavy (non-hydrogen) atoms. The Labute approximate surface area is 127 Å². The fraction of sp³-hybridized carbons (Fsp3) is 0.357. The monoisotopic (exact) mass is 314 g/mol. The van der Waals surface area contributed by atoms with E-state index in [1.165, 1.54) is 12.1 Å². The Balaban J connectivity index is 0.00000147. The molecular weight excluding hydrogens is 299 g/mol. The van der Waals surface area contributed by atoms with E-state index in [0.29, 0.717) is 6.61 Å². The van der Waals surface area contributed by atoms with Gasteiger partial charge >= 0.3 is 0 Å². The molecule has 1 atom stereocenters. The molecule has 1 N–H and O–H groups in total. The van der Waals surface area contributed by atoms with Crippen LogP contribution in [0.15, 0.2) is 24.3 Å². The molecule has 3 nitrogen and oxygen atoms in total. The molecule has 0 saturated carbocycles. The summed E-state index contributed by atoms with van der Waals surface area (Å²) in [6, 6.07) is 6.65. The third-order valence-electron chi connectivity index (χ3n) is 3.15. The van der Waals surface area contributed by atoms with Crippen LogP contribution in [0.2, 0.25) is 0 Å². The summed E-state index contributed by atoms with van der Waals surface area (Å²) in [5.74, 6) is -0.223. The van der Waals surface area contributed by atoms with Crippen molar-refractivity contribution in [3.05, 3.63) is 40.0 Å². The summed E-state index contributed by atoms with van der Waals surface area (Å²) in [5.41, 5.74) is 1.89. The van der Waals surface area contributed by atoms with Gasteiger partial charge in [-0.3, -0.25) is 0 Å². The number of aryl methyl sites for hydroxylation is 1.